The summed E-state index contributed by atoms with van der Waals surface area (Å²) in [6.07, 6.45) is -6.22. The maximum absolute atomic E-state index is 11.6. The third kappa shape index (κ3) is 121. The minimum atomic E-state index is -4.06. The van der Waals surface area contributed by atoms with Crippen LogP contribution in [0.25, 0.3) is 0 Å². The molecule has 0 bridgehead atoms. The molecule has 0 N–H and O–H groups in total. The summed E-state index contributed by atoms with van der Waals surface area (Å²) in [5.74, 6) is 3.55. The van der Waals surface area contributed by atoms with Gasteiger partial charge >= 0.3 is 12.4 Å². The highest BCUT2D eigenvalue weighted by molar-refractivity contribution is 6.68. The summed E-state index contributed by atoms with van der Waals surface area (Å²) in [5.41, 5.74) is -3.16. The molecule has 0 unspecified atom stereocenters. The second-order valence-electron chi connectivity index (χ2n) is 24.7. The fourth-order valence-corrected chi connectivity index (χ4v) is 0.530. The van der Waals surface area contributed by atoms with Gasteiger partial charge in [0.2, 0.25) is 0 Å². The van der Waals surface area contributed by atoms with Crippen LogP contribution < -0.4 is 0 Å². The molecule has 0 heterocycles. The summed E-state index contributed by atoms with van der Waals surface area (Å²) in [4.78, 5) is 31.4. The third-order valence-corrected chi connectivity index (χ3v) is 7.28. The van der Waals surface area contributed by atoms with Gasteiger partial charge in [-0.1, -0.05) is 270 Å². The fourth-order valence-electron chi connectivity index (χ4n) is 0.530. The molecule has 12 heteroatoms. The van der Waals surface area contributed by atoms with Gasteiger partial charge in [-0.25, -0.2) is 0 Å². The normalized spacial score (nSPS) is 11.6. The Kier molecular flexibility index (Phi) is 59.2. The van der Waals surface area contributed by atoms with Crippen LogP contribution >= 0.6 is 34.8 Å². The Morgan fingerprint density at radius 2 is 0.523 bits per heavy atom. The number of halogens is 9. The summed E-state index contributed by atoms with van der Waals surface area (Å²) < 4.78 is 68.2. The van der Waals surface area contributed by atoms with Crippen molar-refractivity contribution in [3.05, 3.63) is 0 Å². The monoisotopic (exact) mass is 1020 g/mol. The first-order chi connectivity index (χ1) is 27.4. The minimum absolute atomic E-state index is 0.130. The molecule has 3 nitrogen and oxygen atoms in total. The predicted octanol–water partition coefficient (Wildman–Crippen LogP) is 21.9. The van der Waals surface area contributed by atoms with Crippen LogP contribution in [0.1, 0.15) is 255 Å². The number of alkyl halides is 9. The Morgan fingerprint density at radius 1 is 0.415 bits per heavy atom. The van der Waals surface area contributed by atoms with Gasteiger partial charge in [-0.05, 0) is 37.0 Å². The van der Waals surface area contributed by atoms with Crippen LogP contribution in [0.5, 0.6) is 0 Å². The smallest absolute Gasteiger partial charge is 0.300 e. The van der Waals surface area contributed by atoms with E-state index in [0.717, 1.165) is 59.3 Å². The summed E-state index contributed by atoms with van der Waals surface area (Å²) in [7, 11) is 0. The lowest BCUT2D eigenvalue weighted by Gasteiger charge is -2.27. The van der Waals surface area contributed by atoms with Gasteiger partial charge in [0.1, 0.15) is 17.3 Å². The van der Waals surface area contributed by atoms with Crippen LogP contribution in [0.3, 0.4) is 0 Å². The fraction of sp³-hybridized carbons (Fsp3) is 0.943. The lowest BCUT2D eigenvalue weighted by atomic mass is 9.90. The number of Topliss-reactive ketones (excluding diaryl/α,β-unsaturated/α-hetero) is 3. The molecule has 0 aromatic heterocycles. The zero-order valence-corrected chi connectivity index (χ0v) is 51.6. The van der Waals surface area contributed by atoms with E-state index < -0.39 is 27.0 Å². The molecule has 0 aromatic carbocycles. The maximum Gasteiger partial charge on any atom is 0.393 e. The Labute approximate surface area is 418 Å². The van der Waals surface area contributed by atoms with Crippen molar-refractivity contribution in [2.75, 3.05) is 0 Å². The molecule has 0 spiro atoms. The average molecular weight is 1020 g/mol. The second kappa shape index (κ2) is 42.3. The minimum Gasteiger partial charge on any atom is -0.300 e. The zero-order valence-electron chi connectivity index (χ0n) is 49.4. The molecule has 0 amide bonds. The average Bonchev–Trinajstić information content (AvgIpc) is 2.93. The van der Waals surface area contributed by atoms with Gasteiger partial charge in [0.05, 0.1) is 10.8 Å². The molecule has 0 aromatic rings. The molecule has 65 heavy (non-hydrogen) atoms. The Hall–Kier alpha value is -0.540. The van der Waals surface area contributed by atoms with Crippen molar-refractivity contribution in [1.29, 1.82) is 0 Å². The molecule has 0 rings (SSSR count). The largest absolute Gasteiger partial charge is 0.393 e. The topological polar surface area (TPSA) is 51.2 Å². The summed E-state index contributed by atoms with van der Waals surface area (Å²) in [5, 5.41) is 0. The third-order valence-electron chi connectivity index (χ3n) is 5.58. The number of carbonyl (C=O) groups excluding carboxylic acids is 3. The first kappa shape index (κ1) is 90.8. The van der Waals surface area contributed by atoms with E-state index in [4.69, 9.17) is 34.8 Å². The standard InChI is InChI=1S/C7H14O.C6H12O.C5H9Cl3.2C5H9F3.C5H10O.C5H12.3C4H10.C3H8/c1-5-6(8)7(2,3)4;1-5(7)6(2,3)4;3*1-4(2,3)5(6,7)8;1-4(2)5(3)6;1-5(2,3)4;3*1-4(2)3;1-3-2/h5H2,1-4H3;1-4H3;3*1-3H3;4H,1-3H3;1-4H3;3*4H,1-3H3;3H2,1-2H3. The highest BCUT2D eigenvalue weighted by atomic mass is 35.6. The molecule has 0 aliphatic rings. The van der Waals surface area contributed by atoms with Gasteiger partial charge in [0, 0.05) is 28.6 Å². The zero-order chi connectivity index (χ0) is 57.0. The predicted molar refractivity (Wildman–Crippen MR) is 284 cm³/mol. The van der Waals surface area contributed by atoms with Crippen molar-refractivity contribution < 1.29 is 40.7 Å². The van der Waals surface area contributed by atoms with Crippen LogP contribution in [-0.2, 0) is 14.4 Å². The first-order valence-electron chi connectivity index (χ1n) is 23.2. The van der Waals surface area contributed by atoms with Crippen molar-refractivity contribution in [3.8, 4) is 0 Å². The first-order valence-corrected chi connectivity index (χ1v) is 24.3. The van der Waals surface area contributed by atoms with E-state index >= 15 is 0 Å². The van der Waals surface area contributed by atoms with Crippen molar-refractivity contribution >= 4 is 52.2 Å². The molecule has 0 atom stereocenters. The quantitative estimate of drug-likeness (QED) is 0.205. The van der Waals surface area contributed by atoms with Crippen LogP contribution in [0, 0.1) is 56.2 Å². The van der Waals surface area contributed by atoms with Crippen LogP contribution in [-0.4, -0.2) is 33.5 Å². The highest BCUT2D eigenvalue weighted by Crippen LogP contribution is 2.43. The molecular formula is C53H113Cl3F6O3. The summed E-state index contributed by atoms with van der Waals surface area (Å²) in [6, 6.07) is 0. The van der Waals surface area contributed by atoms with Crippen molar-refractivity contribution in [2.45, 2.75) is 271 Å². The van der Waals surface area contributed by atoms with E-state index in [1.807, 2.05) is 83.1 Å². The Morgan fingerprint density at radius 3 is 0.523 bits per heavy atom. The Balaban J connectivity index is -0.0000000556. The molecule has 0 saturated carbocycles. The second-order valence-corrected chi connectivity index (χ2v) is 27.0. The SMILES string of the molecule is CC(=O)C(C)(C)C.CC(=O)C(C)C.CC(C)(C)C.CC(C)(C)C(Cl)(Cl)Cl.CC(C)(C)C(F)(F)F.CC(C)(C)C(F)(F)F.CC(C)C.CC(C)C.CC(C)C.CCC.CCC(=O)C(C)(C)C. The number of rotatable bonds is 2. The molecule has 0 fully saturated rings. The van der Waals surface area contributed by atoms with E-state index in [1.54, 1.807) is 13.8 Å². The van der Waals surface area contributed by atoms with E-state index in [-0.39, 0.29) is 33.7 Å². The number of ketones is 3. The Bertz CT molecular complexity index is 941. The van der Waals surface area contributed by atoms with Crippen molar-refractivity contribution in [1.82, 2.24) is 0 Å². The van der Waals surface area contributed by atoms with E-state index in [2.05, 4.69) is 104 Å². The van der Waals surface area contributed by atoms with E-state index in [0.29, 0.717) is 17.6 Å². The number of hydrogen-bond donors (Lipinski definition) is 0. The van der Waals surface area contributed by atoms with Crippen LogP contribution in [0.15, 0.2) is 0 Å². The molecule has 0 radical (unpaired) electrons. The van der Waals surface area contributed by atoms with Gasteiger partial charge < -0.3 is 0 Å². The van der Waals surface area contributed by atoms with E-state index in [9.17, 15) is 40.7 Å². The number of hydrogen-bond acceptors (Lipinski definition) is 3. The van der Waals surface area contributed by atoms with Crippen molar-refractivity contribution in [3.63, 3.8) is 0 Å². The molecule has 406 valence electrons. The maximum atomic E-state index is 11.6. The van der Waals surface area contributed by atoms with Gasteiger partial charge in [0.15, 0.2) is 3.79 Å². The van der Waals surface area contributed by atoms with Crippen LogP contribution in [0.4, 0.5) is 26.3 Å². The molecular weight excluding hydrogens is 905 g/mol. The lowest BCUT2D eigenvalue weighted by molar-refractivity contribution is -0.205. The summed E-state index contributed by atoms with van der Waals surface area (Å²) in [6.45, 7) is 65.5. The van der Waals surface area contributed by atoms with Gasteiger partial charge in [-0.15, -0.1) is 0 Å². The highest BCUT2D eigenvalue weighted by Gasteiger charge is 2.43. The van der Waals surface area contributed by atoms with Gasteiger partial charge in [-0.2, -0.15) is 26.3 Å². The molecule has 0 saturated heterocycles. The number of carbonyl (C=O) groups is 3. The summed E-state index contributed by atoms with van der Waals surface area (Å²) >= 11 is 16.6. The molecule has 0 aliphatic heterocycles. The van der Waals surface area contributed by atoms with Crippen molar-refractivity contribution in [2.24, 2.45) is 56.2 Å². The van der Waals surface area contributed by atoms with E-state index in [1.165, 1.54) is 6.42 Å². The van der Waals surface area contributed by atoms with Crippen LogP contribution in [0.2, 0.25) is 0 Å². The van der Waals surface area contributed by atoms with Gasteiger partial charge in [0.25, 0.3) is 0 Å². The molecule has 0 aliphatic carbocycles. The lowest BCUT2D eigenvalue weighted by Crippen LogP contribution is -2.28. The van der Waals surface area contributed by atoms with Gasteiger partial charge in [-0.3, -0.25) is 14.4 Å².